The molecule has 0 saturated carbocycles. The molecule has 0 aliphatic rings. The fourth-order valence-electron chi connectivity index (χ4n) is 2.92. The number of hydrogen-bond donors (Lipinski definition) is 3. The van der Waals surface area contributed by atoms with Gasteiger partial charge in [0.15, 0.2) is 5.78 Å². The molecule has 0 aromatic heterocycles. The molecule has 0 spiro atoms. The molecule has 36 heavy (non-hydrogen) atoms. The first kappa shape index (κ1) is 32.2. The highest BCUT2D eigenvalue weighted by atomic mass is 16.5. The third-order valence-electron chi connectivity index (χ3n) is 4.53. The Balaban J connectivity index is 5.43. The molecule has 0 fully saturated rings. The Labute approximate surface area is 212 Å². The van der Waals surface area contributed by atoms with Gasteiger partial charge < -0.3 is 25.8 Å². The summed E-state index contributed by atoms with van der Waals surface area (Å²) < 4.78 is 9.79. The lowest BCUT2D eigenvalue weighted by Gasteiger charge is -2.17. The second kappa shape index (κ2) is 17.6. The molecule has 11 heteroatoms. The van der Waals surface area contributed by atoms with E-state index in [1.165, 1.54) is 13.0 Å². The fourth-order valence-corrected chi connectivity index (χ4v) is 2.92. The molecule has 1 unspecified atom stereocenters. The van der Waals surface area contributed by atoms with Crippen molar-refractivity contribution in [3.8, 4) is 0 Å². The number of nitrogens with two attached hydrogens (primary N) is 1. The van der Waals surface area contributed by atoms with Crippen molar-refractivity contribution in [2.75, 3.05) is 19.8 Å². The van der Waals surface area contributed by atoms with Gasteiger partial charge in [0.05, 0.1) is 36.7 Å². The summed E-state index contributed by atoms with van der Waals surface area (Å²) in [5, 5.41) is 4.91. The van der Waals surface area contributed by atoms with E-state index in [1.54, 1.807) is 46.8 Å². The number of carbonyl (C=O) groups is 5. The normalized spacial score (nSPS) is 13.5. The minimum Gasteiger partial charge on any atom is -0.466 e. The summed E-state index contributed by atoms with van der Waals surface area (Å²) >= 11 is 0. The molecule has 2 amide bonds. The molecule has 0 aliphatic carbocycles. The Kier molecular flexibility index (Phi) is 15.8. The van der Waals surface area contributed by atoms with Crippen LogP contribution in [-0.2, 0) is 33.4 Å². The van der Waals surface area contributed by atoms with E-state index in [0.717, 1.165) is 0 Å². The number of allylic oxidation sites excluding steroid dienone is 4. The molecular formula is C25H38N4O7. The zero-order valence-corrected chi connectivity index (χ0v) is 21.9. The maximum atomic E-state index is 12.8. The number of nitrogens with zero attached hydrogens (tertiary/aromatic N) is 1. The lowest BCUT2D eigenvalue weighted by atomic mass is 10.1. The van der Waals surface area contributed by atoms with Crippen LogP contribution in [0.3, 0.4) is 0 Å². The van der Waals surface area contributed by atoms with Crippen LogP contribution in [-0.4, -0.2) is 61.0 Å². The molecule has 0 saturated heterocycles. The van der Waals surface area contributed by atoms with Gasteiger partial charge in [0.25, 0.3) is 5.91 Å². The van der Waals surface area contributed by atoms with Gasteiger partial charge in [-0.2, -0.15) is 0 Å². The minimum atomic E-state index is -1.09. The molecule has 0 heterocycles. The van der Waals surface area contributed by atoms with Crippen molar-refractivity contribution in [3.05, 3.63) is 35.2 Å². The van der Waals surface area contributed by atoms with Crippen molar-refractivity contribution < 1.29 is 33.4 Å². The number of amides is 2. The van der Waals surface area contributed by atoms with Gasteiger partial charge in [0.2, 0.25) is 5.91 Å². The number of rotatable bonds is 15. The molecule has 0 aromatic carbocycles. The van der Waals surface area contributed by atoms with E-state index in [-0.39, 0.29) is 48.8 Å². The van der Waals surface area contributed by atoms with E-state index in [4.69, 9.17) is 15.2 Å². The zero-order chi connectivity index (χ0) is 27.7. The first-order chi connectivity index (χ1) is 17.0. The van der Waals surface area contributed by atoms with Gasteiger partial charge in [-0.05, 0) is 47.1 Å². The van der Waals surface area contributed by atoms with Crippen molar-refractivity contribution in [1.82, 2.24) is 10.6 Å². The average molecular weight is 507 g/mol. The van der Waals surface area contributed by atoms with Crippen LogP contribution >= 0.6 is 0 Å². The van der Waals surface area contributed by atoms with E-state index in [0.29, 0.717) is 12.1 Å². The fraction of sp³-hybridized carbons (Fsp3) is 0.520. The molecule has 0 radical (unpaired) electrons. The van der Waals surface area contributed by atoms with Gasteiger partial charge in [-0.25, -0.2) is 4.79 Å². The van der Waals surface area contributed by atoms with E-state index in [9.17, 15) is 24.0 Å². The largest absolute Gasteiger partial charge is 0.466 e. The highest BCUT2D eigenvalue weighted by Gasteiger charge is 2.24. The predicted molar refractivity (Wildman–Crippen MR) is 136 cm³/mol. The number of ether oxygens (including phenoxy) is 2. The van der Waals surface area contributed by atoms with Crippen molar-refractivity contribution in [2.24, 2.45) is 10.7 Å². The van der Waals surface area contributed by atoms with E-state index in [2.05, 4.69) is 15.6 Å². The summed E-state index contributed by atoms with van der Waals surface area (Å²) in [7, 11) is 0. The Bertz CT molecular complexity index is 929. The van der Waals surface area contributed by atoms with Crippen LogP contribution < -0.4 is 16.4 Å². The third-order valence-corrected chi connectivity index (χ3v) is 4.53. The van der Waals surface area contributed by atoms with Crippen LogP contribution in [0.4, 0.5) is 0 Å². The van der Waals surface area contributed by atoms with Crippen molar-refractivity contribution >= 4 is 35.2 Å². The second-order valence-electron chi connectivity index (χ2n) is 7.54. The van der Waals surface area contributed by atoms with E-state index < -0.39 is 36.3 Å². The molecular weight excluding hydrogens is 468 g/mol. The predicted octanol–water partition coefficient (Wildman–Crippen LogP) is 1.63. The molecule has 0 aromatic rings. The molecule has 200 valence electrons. The molecule has 0 rings (SSSR count). The van der Waals surface area contributed by atoms with Gasteiger partial charge >= 0.3 is 11.9 Å². The highest BCUT2D eigenvalue weighted by Crippen LogP contribution is 2.09. The van der Waals surface area contributed by atoms with Gasteiger partial charge in [-0.15, -0.1) is 0 Å². The van der Waals surface area contributed by atoms with Crippen LogP contribution in [0.15, 0.2) is 40.2 Å². The Morgan fingerprint density at radius 3 is 2.19 bits per heavy atom. The van der Waals surface area contributed by atoms with Crippen LogP contribution in [0, 0.1) is 0 Å². The topological polar surface area (TPSA) is 166 Å². The smallest absolute Gasteiger partial charge is 0.328 e. The van der Waals surface area contributed by atoms with Gasteiger partial charge in [-0.1, -0.05) is 13.0 Å². The van der Waals surface area contributed by atoms with Crippen molar-refractivity contribution in [3.63, 3.8) is 0 Å². The average Bonchev–Trinajstić information content (AvgIpc) is 2.80. The number of aliphatic imine (C=N–C) groups is 1. The van der Waals surface area contributed by atoms with Gasteiger partial charge in [0.1, 0.15) is 6.04 Å². The first-order valence-corrected chi connectivity index (χ1v) is 11.8. The number of nitrogens with one attached hydrogen (secondary N) is 2. The Morgan fingerprint density at radius 1 is 1.03 bits per heavy atom. The van der Waals surface area contributed by atoms with E-state index >= 15 is 0 Å². The Morgan fingerprint density at radius 2 is 1.67 bits per heavy atom. The number of esters is 2. The summed E-state index contributed by atoms with van der Waals surface area (Å²) in [6.45, 7) is 9.65. The van der Waals surface area contributed by atoms with Crippen molar-refractivity contribution in [1.29, 1.82) is 0 Å². The highest BCUT2D eigenvalue weighted by molar-refractivity contribution is 6.21. The summed E-state index contributed by atoms with van der Waals surface area (Å²) in [6, 6.07) is -1.09. The third kappa shape index (κ3) is 12.6. The van der Waals surface area contributed by atoms with Gasteiger partial charge in [0, 0.05) is 24.6 Å². The molecule has 4 N–H and O–H groups in total. The lowest BCUT2D eigenvalue weighted by molar-refractivity contribution is -0.148. The molecule has 11 nitrogen and oxygen atoms in total. The summed E-state index contributed by atoms with van der Waals surface area (Å²) in [6.07, 6.45) is 4.88. The molecule has 1 atom stereocenters. The number of hydrogen-bond acceptors (Lipinski definition) is 9. The summed E-state index contributed by atoms with van der Waals surface area (Å²) in [5.41, 5.74) is 6.71. The van der Waals surface area contributed by atoms with E-state index in [1.807, 2.05) is 0 Å². The zero-order valence-electron chi connectivity index (χ0n) is 21.9. The second-order valence-corrected chi connectivity index (χ2v) is 7.54. The van der Waals surface area contributed by atoms with Crippen LogP contribution in [0.5, 0.6) is 0 Å². The van der Waals surface area contributed by atoms with Gasteiger partial charge in [-0.3, -0.25) is 24.2 Å². The maximum Gasteiger partial charge on any atom is 0.328 e. The SMILES string of the molecule is C\C=C/C(=C\C(=O)CC)/N=C(C)/C(C(=O)NCC(=O)NC(CCC(=O)OCC)C(=O)OCC)=C(/C)N. The minimum absolute atomic E-state index is 0.0211. The summed E-state index contributed by atoms with van der Waals surface area (Å²) in [5.74, 6) is -2.67. The molecule has 0 bridgehead atoms. The number of carbonyl (C=O) groups excluding carboxylic acids is 5. The Hall–Kier alpha value is -3.76. The quantitative estimate of drug-likeness (QED) is 0.130. The molecule has 0 aliphatic heterocycles. The summed E-state index contributed by atoms with van der Waals surface area (Å²) in [4.78, 5) is 65.2. The van der Waals surface area contributed by atoms with Crippen molar-refractivity contribution in [2.45, 2.75) is 66.8 Å². The lowest BCUT2D eigenvalue weighted by Crippen LogP contribution is -2.47. The van der Waals surface area contributed by atoms with Crippen LogP contribution in [0.2, 0.25) is 0 Å². The monoisotopic (exact) mass is 506 g/mol. The van der Waals surface area contributed by atoms with Crippen LogP contribution in [0.1, 0.15) is 60.8 Å². The standard InChI is InChI=1S/C25H38N4O7/c1-7-11-18(14-19(30)8-2)28-17(6)23(16(5)26)24(33)27-15-21(31)29-20(25(34)36-10-4)12-13-22(32)35-9-3/h7,11,14,20H,8-10,12-13,15,26H2,1-6H3,(H,27,33)(H,29,31)/b11-7-,18-14+,23-16+,28-17+. The maximum absolute atomic E-state index is 12.8. The number of ketones is 1. The van der Waals surface area contributed by atoms with Crippen LogP contribution in [0.25, 0.3) is 0 Å². The first-order valence-electron chi connectivity index (χ1n) is 11.8.